The number of hydrogen-bond donors (Lipinski definition) is 6. The van der Waals surface area contributed by atoms with Crippen LogP contribution in [-0.4, -0.2) is 98.3 Å². The number of allylic oxidation sites excluding steroid dienone is 6. The molecule has 1 aliphatic rings. The van der Waals surface area contributed by atoms with Crippen molar-refractivity contribution in [2.24, 2.45) is 0 Å². The summed E-state index contributed by atoms with van der Waals surface area (Å²) < 4.78 is 33.7. The average molecular weight is 973 g/mol. The highest BCUT2D eigenvalue weighted by Crippen LogP contribution is 2.47. The van der Waals surface area contributed by atoms with Crippen molar-refractivity contribution in [2.75, 3.05) is 13.2 Å². The van der Waals surface area contributed by atoms with Gasteiger partial charge in [-0.05, 0) is 70.6 Å². The Kier molecular flexibility index (Phi) is 40.4. The zero-order valence-corrected chi connectivity index (χ0v) is 42.8. The second kappa shape index (κ2) is 42.9. The third kappa shape index (κ3) is 34.9. The number of unbranched alkanes of at least 4 members (excludes halogenated alkanes) is 27. The largest absolute Gasteiger partial charge is 0.472 e. The molecule has 0 aliphatic heterocycles. The molecular formula is C53H97O13P. The Bertz CT molecular complexity index is 1310. The Hall–Kier alpha value is -1.93. The number of hydrogen-bond acceptors (Lipinski definition) is 12. The van der Waals surface area contributed by atoms with Gasteiger partial charge >= 0.3 is 19.8 Å². The molecule has 0 aromatic heterocycles. The summed E-state index contributed by atoms with van der Waals surface area (Å²) >= 11 is 0. The number of rotatable bonds is 45. The number of phosphoric ester groups is 1. The quantitative estimate of drug-likeness (QED) is 0.0145. The van der Waals surface area contributed by atoms with Crippen molar-refractivity contribution in [2.45, 2.75) is 275 Å². The number of esters is 2. The number of carbonyl (C=O) groups is 2. The second-order valence-corrected chi connectivity index (χ2v) is 20.1. The van der Waals surface area contributed by atoms with Crippen LogP contribution in [0.1, 0.15) is 232 Å². The summed E-state index contributed by atoms with van der Waals surface area (Å²) in [6, 6.07) is 0. The van der Waals surface area contributed by atoms with Crippen molar-refractivity contribution in [3.63, 3.8) is 0 Å². The fourth-order valence-corrected chi connectivity index (χ4v) is 9.11. The summed E-state index contributed by atoms with van der Waals surface area (Å²) in [7, 11) is -5.12. The number of aliphatic hydroxyl groups is 5. The number of phosphoric acid groups is 1. The summed E-state index contributed by atoms with van der Waals surface area (Å²) in [5.74, 6) is -1.10. The first kappa shape index (κ1) is 63.1. The van der Waals surface area contributed by atoms with E-state index in [9.17, 15) is 44.6 Å². The Balaban J connectivity index is 2.38. The van der Waals surface area contributed by atoms with Crippen molar-refractivity contribution in [3.8, 4) is 0 Å². The van der Waals surface area contributed by atoms with Gasteiger partial charge in [0.1, 0.15) is 43.2 Å². The maximum Gasteiger partial charge on any atom is 0.472 e. The molecule has 67 heavy (non-hydrogen) atoms. The molecule has 0 spiro atoms. The molecule has 1 rings (SSSR count). The SMILES string of the molecule is CCCCC/C=C/C/C=C/CCCCCCCCCCCC(=O)OC[C@@H](COP(=O)(O)OC1C(O)C(O)C(O)[C@H](O)C1O)OC(=O)CCCCCCCCCCC/C=C/CCCCCCCC. The molecule has 0 radical (unpaired) electrons. The zero-order valence-electron chi connectivity index (χ0n) is 41.9. The fourth-order valence-electron chi connectivity index (χ4n) is 8.14. The Morgan fingerprint density at radius 2 is 0.806 bits per heavy atom. The monoisotopic (exact) mass is 973 g/mol. The predicted octanol–water partition coefficient (Wildman–Crippen LogP) is 11.7. The molecule has 0 amide bonds. The van der Waals surface area contributed by atoms with Gasteiger partial charge < -0.3 is 39.9 Å². The van der Waals surface area contributed by atoms with Gasteiger partial charge in [-0.15, -0.1) is 0 Å². The minimum absolute atomic E-state index is 0.0946. The van der Waals surface area contributed by atoms with E-state index in [1.807, 2.05) is 0 Å². The summed E-state index contributed by atoms with van der Waals surface area (Å²) in [4.78, 5) is 35.9. The third-order valence-corrected chi connectivity index (χ3v) is 13.4. The van der Waals surface area contributed by atoms with E-state index in [0.29, 0.717) is 12.8 Å². The van der Waals surface area contributed by atoms with Crippen LogP contribution >= 0.6 is 7.82 Å². The lowest BCUT2D eigenvalue weighted by atomic mass is 9.85. The lowest BCUT2D eigenvalue weighted by molar-refractivity contribution is -0.220. The molecule has 6 unspecified atom stereocenters. The minimum atomic E-state index is -5.12. The highest BCUT2D eigenvalue weighted by Gasteiger charge is 2.51. The van der Waals surface area contributed by atoms with Gasteiger partial charge in [0.15, 0.2) is 6.10 Å². The summed E-state index contributed by atoms with van der Waals surface area (Å²) in [6.07, 6.45) is 37.5. The van der Waals surface area contributed by atoms with E-state index < -0.39 is 75.7 Å². The number of ether oxygens (including phenoxy) is 2. The summed E-state index contributed by atoms with van der Waals surface area (Å²) in [5, 5.41) is 50.3. The first-order valence-corrected chi connectivity index (χ1v) is 28.3. The topological polar surface area (TPSA) is 210 Å². The normalized spacial score (nSPS) is 21.4. The smallest absolute Gasteiger partial charge is 0.462 e. The zero-order chi connectivity index (χ0) is 49.2. The summed E-state index contributed by atoms with van der Waals surface area (Å²) in [6.45, 7) is 3.30. The van der Waals surface area contributed by atoms with Crippen LogP contribution in [-0.2, 0) is 32.7 Å². The maximum atomic E-state index is 12.9. The molecule has 6 N–H and O–H groups in total. The first-order valence-electron chi connectivity index (χ1n) is 26.8. The van der Waals surface area contributed by atoms with Crippen LogP contribution in [0.3, 0.4) is 0 Å². The first-order chi connectivity index (χ1) is 32.4. The molecule has 0 bridgehead atoms. The highest BCUT2D eigenvalue weighted by molar-refractivity contribution is 7.47. The van der Waals surface area contributed by atoms with Crippen molar-refractivity contribution in [1.82, 2.24) is 0 Å². The molecule has 14 heteroatoms. The lowest BCUT2D eigenvalue weighted by Gasteiger charge is -2.41. The van der Waals surface area contributed by atoms with Crippen LogP contribution < -0.4 is 0 Å². The van der Waals surface area contributed by atoms with E-state index in [2.05, 4.69) is 50.3 Å². The number of carbonyl (C=O) groups excluding carboxylic acids is 2. The third-order valence-electron chi connectivity index (χ3n) is 12.5. The average Bonchev–Trinajstić information content (AvgIpc) is 3.31. The van der Waals surface area contributed by atoms with E-state index in [4.69, 9.17) is 18.5 Å². The van der Waals surface area contributed by atoms with Gasteiger partial charge in [0, 0.05) is 12.8 Å². The molecule has 1 saturated carbocycles. The molecule has 1 fully saturated rings. The van der Waals surface area contributed by atoms with E-state index >= 15 is 0 Å². The molecule has 0 aromatic rings. The van der Waals surface area contributed by atoms with Gasteiger partial charge in [0.05, 0.1) is 6.61 Å². The van der Waals surface area contributed by atoms with Crippen molar-refractivity contribution in [3.05, 3.63) is 36.5 Å². The van der Waals surface area contributed by atoms with Gasteiger partial charge in [-0.3, -0.25) is 18.6 Å². The van der Waals surface area contributed by atoms with Crippen molar-refractivity contribution >= 4 is 19.8 Å². The van der Waals surface area contributed by atoms with Crippen LogP contribution in [0.5, 0.6) is 0 Å². The molecule has 0 heterocycles. The van der Waals surface area contributed by atoms with Crippen LogP contribution in [0.2, 0.25) is 0 Å². The van der Waals surface area contributed by atoms with Gasteiger partial charge in [0.25, 0.3) is 0 Å². The van der Waals surface area contributed by atoms with Crippen LogP contribution in [0, 0.1) is 0 Å². The molecule has 0 aromatic carbocycles. The van der Waals surface area contributed by atoms with E-state index in [1.54, 1.807) is 0 Å². The molecule has 1 aliphatic carbocycles. The fraction of sp³-hybridized carbons (Fsp3) is 0.849. The standard InChI is InChI=1S/C53H97O13P/c1-3-5-7-9-11-13-15-17-19-21-23-25-27-29-31-33-35-37-39-41-46(54)63-43-45(44-64-67(61,62)66-53-51(59)49(57)48(56)50(58)52(53)60)65-47(55)42-40-38-36-34-32-30-28-26-24-22-20-18-16-14-12-10-8-6-4-2/h11,13,17-20,45,48-53,56-60H,3-10,12,14-16,21-44H2,1-2H3,(H,61,62)/b13-11+,19-17+,20-18+/t45-,48?,49-,50?,51?,52?,53?/m0/s1. The minimum Gasteiger partial charge on any atom is -0.462 e. The molecule has 8 atom stereocenters. The Morgan fingerprint density at radius 1 is 0.463 bits per heavy atom. The van der Waals surface area contributed by atoms with Crippen molar-refractivity contribution < 1.29 is 63.1 Å². The van der Waals surface area contributed by atoms with E-state index in [-0.39, 0.29) is 12.8 Å². The van der Waals surface area contributed by atoms with Crippen LogP contribution in [0.4, 0.5) is 0 Å². The van der Waals surface area contributed by atoms with Crippen LogP contribution in [0.15, 0.2) is 36.5 Å². The van der Waals surface area contributed by atoms with Crippen LogP contribution in [0.25, 0.3) is 0 Å². The predicted molar refractivity (Wildman–Crippen MR) is 267 cm³/mol. The Labute approximate surface area is 406 Å². The lowest BCUT2D eigenvalue weighted by Crippen LogP contribution is -2.64. The maximum absolute atomic E-state index is 12.9. The highest BCUT2D eigenvalue weighted by atomic mass is 31.2. The molecule has 13 nitrogen and oxygen atoms in total. The van der Waals surface area contributed by atoms with E-state index in [1.165, 1.54) is 122 Å². The van der Waals surface area contributed by atoms with Crippen molar-refractivity contribution in [1.29, 1.82) is 0 Å². The Morgan fingerprint density at radius 3 is 1.25 bits per heavy atom. The van der Waals surface area contributed by atoms with Gasteiger partial charge in [-0.2, -0.15) is 0 Å². The second-order valence-electron chi connectivity index (χ2n) is 18.7. The van der Waals surface area contributed by atoms with Gasteiger partial charge in [0.2, 0.25) is 0 Å². The van der Waals surface area contributed by atoms with Gasteiger partial charge in [-0.25, -0.2) is 4.57 Å². The molecule has 0 saturated heterocycles. The van der Waals surface area contributed by atoms with Gasteiger partial charge in [-0.1, -0.05) is 185 Å². The molecular weight excluding hydrogens is 876 g/mol. The van der Waals surface area contributed by atoms with E-state index in [0.717, 1.165) is 70.6 Å². The molecule has 392 valence electrons. The summed E-state index contributed by atoms with van der Waals surface area (Å²) in [5.41, 5.74) is 0. The number of aliphatic hydroxyl groups excluding tert-OH is 5.